The Morgan fingerprint density at radius 3 is 2.50 bits per heavy atom. The number of amides is 1. The van der Waals surface area contributed by atoms with E-state index in [9.17, 15) is 18.4 Å². The fraction of sp³-hybridized carbons (Fsp3) is 0.333. The van der Waals surface area contributed by atoms with E-state index >= 15 is 0 Å². The molecule has 0 aliphatic rings. The number of allylic oxidation sites excluding steroid dienone is 3. The summed E-state index contributed by atoms with van der Waals surface area (Å²) in [5.74, 6) is -1.79. The van der Waals surface area contributed by atoms with Crippen molar-refractivity contribution in [3.8, 4) is 5.75 Å². The van der Waals surface area contributed by atoms with E-state index in [2.05, 4.69) is 5.32 Å². The lowest BCUT2D eigenvalue weighted by Crippen LogP contribution is -2.22. The smallest absolute Gasteiger partial charge is 0.412 e. The Morgan fingerprint density at radius 2 is 1.86 bits per heavy atom. The molecule has 0 aliphatic carbocycles. The van der Waals surface area contributed by atoms with Crippen LogP contribution in [0.15, 0.2) is 66.3 Å². The predicted molar refractivity (Wildman–Crippen MR) is 132 cm³/mol. The average molecular weight is 504 g/mol. The van der Waals surface area contributed by atoms with E-state index < -0.39 is 29.8 Å². The van der Waals surface area contributed by atoms with Crippen molar-refractivity contribution in [1.29, 1.82) is 0 Å². The fourth-order valence-corrected chi connectivity index (χ4v) is 3.29. The Bertz CT molecular complexity index is 1070. The van der Waals surface area contributed by atoms with Crippen LogP contribution in [0.4, 0.5) is 19.3 Å². The molecule has 0 aliphatic heterocycles. The number of rotatable bonds is 12. The van der Waals surface area contributed by atoms with Crippen LogP contribution < -0.4 is 10.1 Å². The highest BCUT2D eigenvalue weighted by molar-refractivity contribution is 5.85. The highest BCUT2D eigenvalue weighted by atomic mass is 19.1. The van der Waals surface area contributed by atoms with Crippen molar-refractivity contribution in [1.82, 2.24) is 0 Å². The molecule has 0 radical (unpaired) electrons. The molecule has 2 N–H and O–H groups in total. The van der Waals surface area contributed by atoms with Crippen LogP contribution >= 0.6 is 0 Å². The molecule has 0 fully saturated rings. The van der Waals surface area contributed by atoms with Crippen LogP contribution in [-0.4, -0.2) is 37.0 Å². The molecule has 2 rings (SSSR count). The van der Waals surface area contributed by atoms with E-state index in [1.54, 1.807) is 44.2 Å². The molecule has 9 heteroatoms. The number of aliphatic hydroxyl groups excluding tert-OH is 1. The molecule has 2 atom stereocenters. The molecule has 0 aromatic heterocycles. The quantitative estimate of drug-likeness (QED) is 0.219. The standard InChI is InChI=1S/C27H31F2NO6/c1-4-34-25(32)16-18(2)6-5-7-19(3)26(20-8-11-22(12-9-20)35-15-14-31)36-27(33)30-24-13-10-21(28)17-23(24)29/h5-6,8-13,16-17,19,26,31H,4,7,14-15H2,1-3H3,(H,30,33)/b6-5+,18-16+/t19-,26-/m1/s1. The van der Waals surface area contributed by atoms with E-state index in [0.717, 1.165) is 12.1 Å². The summed E-state index contributed by atoms with van der Waals surface area (Å²) in [6, 6.07) is 9.64. The maximum atomic E-state index is 14.0. The van der Waals surface area contributed by atoms with Crippen molar-refractivity contribution in [2.24, 2.45) is 5.92 Å². The summed E-state index contributed by atoms with van der Waals surface area (Å²) in [6.07, 6.45) is 3.86. The summed E-state index contributed by atoms with van der Waals surface area (Å²) in [5.41, 5.74) is 1.16. The monoisotopic (exact) mass is 503 g/mol. The van der Waals surface area contributed by atoms with Crippen LogP contribution in [0.1, 0.15) is 38.9 Å². The normalized spacial score (nSPS) is 13.2. The second-order valence-electron chi connectivity index (χ2n) is 7.97. The molecule has 36 heavy (non-hydrogen) atoms. The zero-order valence-electron chi connectivity index (χ0n) is 20.5. The molecule has 194 valence electrons. The maximum Gasteiger partial charge on any atom is 0.412 e. The second-order valence-corrected chi connectivity index (χ2v) is 7.97. The summed E-state index contributed by atoms with van der Waals surface area (Å²) in [6.45, 7) is 5.68. The first-order valence-corrected chi connectivity index (χ1v) is 11.5. The van der Waals surface area contributed by atoms with Gasteiger partial charge in [-0.05, 0) is 55.7 Å². The number of esters is 1. The minimum atomic E-state index is -0.922. The van der Waals surface area contributed by atoms with Crippen molar-refractivity contribution >= 4 is 17.7 Å². The molecule has 1 amide bonds. The number of anilines is 1. The highest BCUT2D eigenvalue weighted by Gasteiger charge is 2.24. The van der Waals surface area contributed by atoms with E-state index in [1.807, 2.05) is 13.0 Å². The molecular formula is C27H31F2NO6. The second kappa shape index (κ2) is 14.6. The first kappa shape index (κ1) is 28.5. The van der Waals surface area contributed by atoms with Gasteiger partial charge < -0.3 is 19.3 Å². The minimum Gasteiger partial charge on any atom is -0.491 e. The number of aliphatic hydroxyl groups is 1. The maximum absolute atomic E-state index is 14.0. The van der Waals surface area contributed by atoms with Crippen molar-refractivity contribution in [2.45, 2.75) is 33.3 Å². The summed E-state index contributed by atoms with van der Waals surface area (Å²) in [5, 5.41) is 11.2. The third-order valence-corrected chi connectivity index (χ3v) is 5.01. The van der Waals surface area contributed by atoms with E-state index in [1.165, 1.54) is 6.08 Å². The van der Waals surface area contributed by atoms with Gasteiger partial charge in [-0.3, -0.25) is 5.32 Å². The molecule has 0 bridgehead atoms. The average Bonchev–Trinajstić information content (AvgIpc) is 2.83. The van der Waals surface area contributed by atoms with Crippen LogP contribution in [0, 0.1) is 17.6 Å². The third-order valence-electron chi connectivity index (χ3n) is 5.01. The van der Waals surface area contributed by atoms with Crippen molar-refractivity contribution < 1.29 is 37.7 Å². The van der Waals surface area contributed by atoms with Gasteiger partial charge in [0.1, 0.15) is 30.1 Å². The lowest BCUT2D eigenvalue weighted by molar-refractivity contribution is -0.137. The number of halogens is 2. The molecule has 0 spiro atoms. The Hall–Kier alpha value is -3.72. The Labute approximate surface area is 209 Å². The van der Waals surface area contributed by atoms with E-state index in [-0.39, 0.29) is 31.4 Å². The molecule has 0 unspecified atom stereocenters. The van der Waals surface area contributed by atoms with Gasteiger partial charge in [-0.15, -0.1) is 0 Å². The van der Waals surface area contributed by atoms with Crippen LogP contribution in [0.25, 0.3) is 0 Å². The fourth-order valence-electron chi connectivity index (χ4n) is 3.29. The lowest BCUT2D eigenvalue weighted by Gasteiger charge is -2.24. The number of carbonyl (C=O) groups is 2. The summed E-state index contributed by atoms with van der Waals surface area (Å²) in [7, 11) is 0. The van der Waals surface area contributed by atoms with Crippen molar-refractivity contribution in [3.05, 3.63) is 83.5 Å². The van der Waals surface area contributed by atoms with Gasteiger partial charge in [0.2, 0.25) is 0 Å². The number of carbonyl (C=O) groups excluding carboxylic acids is 2. The molecular weight excluding hydrogens is 472 g/mol. The van der Waals surface area contributed by atoms with Gasteiger partial charge in [-0.25, -0.2) is 18.4 Å². The van der Waals surface area contributed by atoms with Gasteiger partial charge in [0, 0.05) is 18.1 Å². The SMILES string of the molecule is CCOC(=O)/C=C(C)/C=C/C[C@@H](C)[C@@H](OC(=O)Nc1ccc(F)cc1F)c1ccc(OCCO)cc1. The zero-order chi connectivity index (χ0) is 26.5. The van der Waals surface area contributed by atoms with Gasteiger partial charge in [-0.1, -0.05) is 31.2 Å². The minimum absolute atomic E-state index is 0.124. The Morgan fingerprint density at radius 1 is 1.14 bits per heavy atom. The Balaban J connectivity index is 2.17. The van der Waals surface area contributed by atoms with Gasteiger partial charge >= 0.3 is 12.1 Å². The molecule has 2 aromatic carbocycles. The van der Waals surface area contributed by atoms with Crippen LogP contribution in [0.5, 0.6) is 5.75 Å². The lowest BCUT2D eigenvalue weighted by atomic mass is 9.94. The molecule has 2 aromatic rings. The first-order chi connectivity index (χ1) is 17.2. The molecule has 0 saturated carbocycles. The number of hydrogen-bond donors (Lipinski definition) is 2. The van der Waals surface area contributed by atoms with Gasteiger partial charge in [0.25, 0.3) is 0 Å². The van der Waals surface area contributed by atoms with Crippen molar-refractivity contribution in [2.75, 3.05) is 25.1 Å². The van der Waals surface area contributed by atoms with Crippen molar-refractivity contribution in [3.63, 3.8) is 0 Å². The van der Waals surface area contributed by atoms with Gasteiger partial charge in [0.15, 0.2) is 0 Å². The summed E-state index contributed by atoms with van der Waals surface area (Å²) >= 11 is 0. The summed E-state index contributed by atoms with van der Waals surface area (Å²) in [4.78, 5) is 24.2. The van der Waals surface area contributed by atoms with Crippen LogP contribution in [0.3, 0.4) is 0 Å². The van der Waals surface area contributed by atoms with Crippen LogP contribution in [0.2, 0.25) is 0 Å². The topological polar surface area (TPSA) is 94.1 Å². The third kappa shape index (κ3) is 9.50. The largest absolute Gasteiger partial charge is 0.491 e. The summed E-state index contributed by atoms with van der Waals surface area (Å²) < 4.78 is 43.1. The van der Waals surface area contributed by atoms with Gasteiger partial charge in [0.05, 0.1) is 18.9 Å². The Kier molecular flexibility index (Phi) is 11.6. The van der Waals surface area contributed by atoms with E-state index in [0.29, 0.717) is 29.4 Å². The number of nitrogens with one attached hydrogen (secondary N) is 1. The van der Waals surface area contributed by atoms with E-state index in [4.69, 9.17) is 19.3 Å². The first-order valence-electron chi connectivity index (χ1n) is 11.5. The molecule has 0 heterocycles. The molecule has 7 nitrogen and oxygen atoms in total. The predicted octanol–water partition coefficient (Wildman–Crippen LogP) is 5.72. The number of ether oxygens (including phenoxy) is 3. The number of hydrogen-bond acceptors (Lipinski definition) is 6. The number of benzene rings is 2. The highest BCUT2D eigenvalue weighted by Crippen LogP contribution is 2.31. The molecule has 0 saturated heterocycles. The van der Waals surface area contributed by atoms with Gasteiger partial charge in [-0.2, -0.15) is 0 Å². The van der Waals surface area contributed by atoms with Crippen LogP contribution in [-0.2, 0) is 14.3 Å². The zero-order valence-corrected chi connectivity index (χ0v) is 20.5.